The summed E-state index contributed by atoms with van der Waals surface area (Å²) in [4.78, 5) is 10.7. The van der Waals surface area contributed by atoms with Gasteiger partial charge in [-0.1, -0.05) is 19.9 Å². The van der Waals surface area contributed by atoms with E-state index in [1.807, 2.05) is 0 Å². The van der Waals surface area contributed by atoms with Gasteiger partial charge in [-0.3, -0.25) is 4.79 Å². The number of phenolic OH excluding ortho intramolecular Hbond substituents is 1. The Morgan fingerprint density at radius 3 is 2.53 bits per heavy atom. The Balaban J connectivity index is 3.24. The van der Waals surface area contributed by atoms with Crippen molar-refractivity contribution in [2.24, 2.45) is 0 Å². The van der Waals surface area contributed by atoms with Crippen molar-refractivity contribution in [2.75, 3.05) is 7.11 Å². The van der Waals surface area contributed by atoms with Crippen LogP contribution in [0.1, 0.15) is 25.8 Å². The highest BCUT2D eigenvalue weighted by atomic mass is 19.1. The molecule has 1 rings (SSSR count). The fraction of sp³-hybridized carbons (Fsp3) is 0.417. The summed E-state index contributed by atoms with van der Waals surface area (Å²) in [5, 5.41) is 18.5. The molecule has 0 unspecified atom stereocenters. The van der Waals surface area contributed by atoms with E-state index in [9.17, 15) is 14.3 Å². The molecule has 0 aliphatic carbocycles. The molecule has 4 nitrogen and oxygen atoms in total. The minimum absolute atomic E-state index is 0.0719. The van der Waals surface area contributed by atoms with E-state index < -0.39 is 23.0 Å². The molecule has 0 radical (unpaired) electrons. The minimum atomic E-state index is -1.01. The molecule has 1 aromatic carbocycles. The van der Waals surface area contributed by atoms with E-state index >= 15 is 0 Å². The van der Waals surface area contributed by atoms with E-state index in [-0.39, 0.29) is 17.7 Å². The molecule has 0 amide bonds. The Hall–Kier alpha value is -1.78. The summed E-state index contributed by atoms with van der Waals surface area (Å²) in [6.45, 7) is 3.25. The van der Waals surface area contributed by atoms with Gasteiger partial charge in [-0.2, -0.15) is 4.39 Å². The fourth-order valence-corrected chi connectivity index (χ4v) is 1.72. The molecular weight excluding hydrogens is 227 g/mol. The maximum Gasteiger partial charge on any atom is 0.304 e. The molecular formula is C12H15FO4. The predicted molar refractivity (Wildman–Crippen MR) is 59.9 cm³/mol. The SMILES string of the molecule is COc1ccc(C(C)(C)CC(=O)O)c(O)c1F. The summed E-state index contributed by atoms with van der Waals surface area (Å²) in [6.07, 6.45) is -0.202. The summed E-state index contributed by atoms with van der Waals surface area (Å²) >= 11 is 0. The number of methoxy groups -OCH3 is 1. The van der Waals surface area contributed by atoms with Crippen molar-refractivity contribution >= 4 is 5.97 Å². The van der Waals surface area contributed by atoms with Crippen LogP contribution in [-0.4, -0.2) is 23.3 Å². The average molecular weight is 242 g/mol. The van der Waals surface area contributed by atoms with Crippen LogP contribution in [0.5, 0.6) is 11.5 Å². The Morgan fingerprint density at radius 2 is 2.06 bits per heavy atom. The van der Waals surface area contributed by atoms with Gasteiger partial charge in [-0.05, 0) is 6.07 Å². The topological polar surface area (TPSA) is 66.8 Å². The number of halogens is 1. The van der Waals surface area contributed by atoms with E-state index in [4.69, 9.17) is 9.84 Å². The molecule has 94 valence electrons. The smallest absolute Gasteiger partial charge is 0.304 e. The second-order valence-electron chi connectivity index (χ2n) is 4.43. The largest absolute Gasteiger partial charge is 0.505 e. The van der Waals surface area contributed by atoms with Crippen molar-refractivity contribution in [2.45, 2.75) is 25.7 Å². The molecule has 0 aromatic heterocycles. The number of aliphatic carboxylic acids is 1. The summed E-state index contributed by atoms with van der Waals surface area (Å²) in [6, 6.07) is 2.84. The molecule has 0 bridgehead atoms. The second kappa shape index (κ2) is 4.61. The van der Waals surface area contributed by atoms with E-state index in [0.29, 0.717) is 0 Å². The number of hydrogen-bond donors (Lipinski definition) is 2. The maximum atomic E-state index is 13.6. The van der Waals surface area contributed by atoms with Crippen LogP contribution >= 0.6 is 0 Å². The van der Waals surface area contributed by atoms with Gasteiger partial charge in [0, 0.05) is 11.0 Å². The Labute approximate surface area is 98.7 Å². The first-order valence-electron chi connectivity index (χ1n) is 5.07. The van der Waals surface area contributed by atoms with Crippen molar-refractivity contribution in [1.82, 2.24) is 0 Å². The van der Waals surface area contributed by atoms with Crippen LogP contribution in [0.15, 0.2) is 12.1 Å². The van der Waals surface area contributed by atoms with E-state index in [0.717, 1.165) is 0 Å². The van der Waals surface area contributed by atoms with E-state index in [1.165, 1.54) is 19.2 Å². The Kier molecular flexibility index (Phi) is 3.60. The Bertz CT molecular complexity index is 440. The quantitative estimate of drug-likeness (QED) is 0.850. The molecule has 5 heteroatoms. The number of rotatable bonds is 4. The number of benzene rings is 1. The van der Waals surface area contributed by atoms with Gasteiger partial charge in [0.05, 0.1) is 13.5 Å². The van der Waals surface area contributed by atoms with Gasteiger partial charge in [-0.25, -0.2) is 0 Å². The normalized spacial score (nSPS) is 11.3. The number of phenols is 1. The molecule has 0 fully saturated rings. The summed E-state index contributed by atoms with van der Waals surface area (Å²) in [7, 11) is 1.29. The monoisotopic (exact) mass is 242 g/mol. The van der Waals surface area contributed by atoms with Crippen molar-refractivity contribution in [1.29, 1.82) is 0 Å². The highest BCUT2D eigenvalue weighted by Gasteiger charge is 2.29. The van der Waals surface area contributed by atoms with Crippen LogP contribution in [-0.2, 0) is 10.2 Å². The number of carbonyl (C=O) groups is 1. The summed E-state index contributed by atoms with van der Waals surface area (Å²) in [5.41, 5.74) is -0.610. The lowest BCUT2D eigenvalue weighted by atomic mass is 9.81. The summed E-state index contributed by atoms with van der Waals surface area (Å²) in [5.74, 6) is -2.51. The van der Waals surface area contributed by atoms with Crippen LogP contribution < -0.4 is 4.74 Å². The highest BCUT2D eigenvalue weighted by Crippen LogP contribution is 2.38. The molecule has 0 saturated carbocycles. The number of carboxylic acid groups (broad SMARTS) is 1. The number of carboxylic acids is 1. The van der Waals surface area contributed by atoms with Crippen LogP contribution in [0.2, 0.25) is 0 Å². The summed E-state index contributed by atoms with van der Waals surface area (Å²) < 4.78 is 18.3. The van der Waals surface area contributed by atoms with Gasteiger partial charge in [0.15, 0.2) is 11.5 Å². The van der Waals surface area contributed by atoms with Crippen LogP contribution in [0.25, 0.3) is 0 Å². The molecule has 0 aliphatic rings. The van der Waals surface area contributed by atoms with E-state index in [2.05, 4.69) is 0 Å². The predicted octanol–water partition coefficient (Wildman–Crippen LogP) is 2.29. The third-order valence-electron chi connectivity index (χ3n) is 2.62. The average Bonchev–Trinajstić information content (AvgIpc) is 2.19. The molecule has 0 spiro atoms. The van der Waals surface area contributed by atoms with Crippen molar-refractivity contribution in [3.63, 3.8) is 0 Å². The second-order valence-corrected chi connectivity index (χ2v) is 4.43. The standard InChI is InChI=1S/C12H15FO4/c1-12(2,6-9(14)15)7-4-5-8(17-3)10(13)11(7)16/h4-5,16H,6H2,1-3H3,(H,14,15). The Morgan fingerprint density at radius 1 is 1.47 bits per heavy atom. The minimum Gasteiger partial charge on any atom is -0.505 e. The fourth-order valence-electron chi connectivity index (χ4n) is 1.72. The highest BCUT2D eigenvalue weighted by molar-refractivity contribution is 5.69. The van der Waals surface area contributed by atoms with Crippen LogP contribution in [0, 0.1) is 5.82 Å². The van der Waals surface area contributed by atoms with Gasteiger partial charge >= 0.3 is 5.97 Å². The zero-order valence-electron chi connectivity index (χ0n) is 9.95. The number of hydrogen-bond acceptors (Lipinski definition) is 3. The molecule has 17 heavy (non-hydrogen) atoms. The van der Waals surface area contributed by atoms with Crippen LogP contribution in [0.3, 0.4) is 0 Å². The van der Waals surface area contributed by atoms with Gasteiger partial charge in [0.1, 0.15) is 0 Å². The van der Waals surface area contributed by atoms with Gasteiger partial charge < -0.3 is 14.9 Å². The molecule has 0 saturated heterocycles. The van der Waals surface area contributed by atoms with Crippen molar-refractivity contribution in [3.05, 3.63) is 23.5 Å². The molecule has 0 heterocycles. The third kappa shape index (κ3) is 2.67. The zero-order chi connectivity index (χ0) is 13.2. The lowest BCUT2D eigenvalue weighted by molar-refractivity contribution is -0.138. The molecule has 0 aliphatic heterocycles. The van der Waals surface area contributed by atoms with Gasteiger partial charge in [0.2, 0.25) is 5.82 Å². The first kappa shape index (κ1) is 13.3. The third-order valence-corrected chi connectivity index (χ3v) is 2.62. The van der Waals surface area contributed by atoms with Crippen LogP contribution in [0.4, 0.5) is 4.39 Å². The lowest BCUT2D eigenvalue weighted by Crippen LogP contribution is -2.22. The lowest BCUT2D eigenvalue weighted by Gasteiger charge is -2.24. The number of aromatic hydroxyl groups is 1. The van der Waals surface area contributed by atoms with Gasteiger partial charge in [-0.15, -0.1) is 0 Å². The molecule has 0 atom stereocenters. The van der Waals surface area contributed by atoms with Crippen molar-refractivity contribution < 1.29 is 24.1 Å². The zero-order valence-corrected chi connectivity index (χ0v) is 9.95. The maximum absolute atomic E-state index is 13.6. The first-order valence-corrected chi connectivity index (χ1v) is 5.07. The molecule has 1 aromatic rings. The number of ether oxygens (including phenoxy) is 1. The van der Waals surface area contributed by atoms with E-state index in [1.54, 1.807) is 13.8 Å². The van der Waals surface area contributed by atoms with Gasteiger partial charge in [0.25, 0.3) is 0 Å². The molecule has 2 N–H and O–H groups in total. The van der Waals surface area contributed by atoms with Crippen molar-refractivity contribution in [3.8, 4) is 11.5 Å². The first-order chi connectivity index (χ1) is 7.79.